The van der Waals surface area contributed by atoms with Crippen molar-refractivity contribution in [2.45, 2.75) is 39.4 Å². The molecule has 1 aromatic carbocycles. The molecule has 0 amide bonds. The Balaban J connectivity index is 0.00000385. The first-order chi connectivity index (χ1) is 15.5. The van der Waals surface area contributed by atoms with Gasteiger partial charge in [-0.3, -0.25) is 14.8 Å². The summed E-state index contributed by atoms with van der Waals surface area (Å²) in [7, 11) is 4.05. The van der Waals surface area contributed by atoms with Gasteiger partial charge in [0, 0.05) is 72.0 Å². The zero-order valence-corrected chi connectivity index (χ0v) is 23.4. The first kappa shape index (κ1) is 28.3. The minimum absolute atomic E-state index is 0. The fourth-order valence-electron chi connectivity index (χ4n) is 4.50. The highest BCUT2D eigenvalue weighted by Gasteiger charge is 2.22. The van der Waals surface area contributed by atoms with Gasteiger partial charge < -0.3 is 20.3 Å². The molecule has 2 heterocycles. The van der Waals surface area contributed by atoms with Gasteiger partial charge in [-0.25, -0.2) is 0 Å². The summed E-state index contributed by atoms with van der Waals surface area (Å²) in [6, 6.07) is 9.51. The molecule has 2 fully saturated rings. The van der Waals surface area contributed by atoms with E-state index in [9.17, 15) is 0 Å². The van der Waals surface area contributed by atoms with Crippen molar-refractivity contribution in [2.75, 3.05) is 73.1 Å². The van der Waals surface area contributed by atoms with Crippen LogP contribution in [0.4, 0.5) is 0 Å². The third-order valence-corrected chi connectivity index (χ3v) is 6.52. The molecule has 188 valence electrons. The van der Waals surface area contributed by atoms with Crippen molar-refractivity contribution in [3.63, 3.8) is 0 Å². The molecule has 2 aliphatic heterocycles. The number of likely N-dealkylation sites (N-methyl/N-ethyl adjacent to an activating group) is 1. The highest BCUT2D eigenvalue weighted by Crippen LogP contribution is 2.13. The van der Waals surface area contributed by atoms with Crippen molar-refractivity contribution >= 4 is 29.9 Å². The second-order valence-electron chi connectivity index (χ2n) is 9.63. The lowest BCUT2D eigenvalue weighted by atomic mass is 10.0. The standard InChI is InChI=1S/C25H44N6O.HI/c1-21(2)17-24(31-13-15-32-16-14-31)19-28-25(26-3)27-18-22-5-7-23(8-6-22)20-30-11-9-29(4)10-12-30;/h5-8,21,24H,9-20H2,1-4H3,(H2,26,27,28);1H. The predicted molar refractivity (Wildman–Crippen MR) is 148 cm³/mol. The Labute approximate surface area is 218 Å². The Bertz CT molecular complexity index is 685. The molecule has 2 saturated heterocycles. The number of nitrogens with zero attached hydrogens (tertiary/aromatic N) is 4. The van der Waals surface area contributed by atoms with E-state index in [-0.39, 0.29) is 24.0 Å². The van der Waals surface area contributed by atoms with E-state index in [0.717, 1.165) is 78.1 Å². The van der Waals surface area contributed by atoms with Gasteiger partial charge in [-0.2, -0.15) is 0 Å². The fraction of sp³-hybridized carbons (Fsp3) is 0.720. The van der Waals surface area contributed by atoms with Crippen molar-refractivity contribution in [1.82, 2.24) is 25.3 Å². The lowest BCUT2D eigenvalue weighted by Gasteiger charge is -2.35. The van der Waals surface area contributed by atoms with Crippen molar-refractivity contribution in [3.8, 4) is 0 Å². The molecule has 1 atom stereocenters. The van der Waals surface area contributed by atoms with Crippen LogP contribution in [-0.2, 0) is 17.8 Å². The summed E-state index contributed by atoms with van der Waals surface area (Å²) in [5.41, 5.74) is 2.67. The van der Waals surface area contributed by atoms with Crippen LogP contribution in [0.15, 0.2) is 29.3 Å². The Morgan fingerprint density at radius 2 is 1.61 bits per heavy atom. The molecule has 0 bridgehead atoms. The second kappa shape index (κ2) is 15.1. The van der Waals surface area contributed by atoms with Crippen molar-refractivity contribution < 1.29 is 4.74 Å². The molecule has 8 heteroatoms. The van der Waals surface area contributed by atoms with Crippen molar-refractivity contribution in [1.29, 1.82) is 0 Å². The van der Waals surface area contributed by atoms with Gasteiger partial charge in [0.05, 0.1) is 13.2 Å². The van der Waals surface area contributed by atoms with Gasteiger partial charge in [-0.15, -0.1) is 24.0 Å². The van der Waals surface area contributed by atoms with Crippen LogP contribution in [-0.4, -0.2) is 99.8 Å². The van der Waals surface area contributed by atoms with E-state index in [1.54, 1.807) is 0 Å². The lowest BCUT2D eigenvalue weighted by molar-refractivity contribution is 0.0132. The first-order valence-electron chi connectivity index (χ1n) is 12.3. The monoisotopic (exact) mass is 572 g/mol. The second-order valence-corrected chi connectivity index (χ2v) is 9.63. The van der Waals surface area contributed by atoms with Crippen molar-refractivity contribution in [2.24, 2.45) is 10.9 Å². The van der Waals surface area contributed by atoms with Crippen LogP contribution >= 0.6 is 24.0 Å². The summed E-state index contributed by atoms with van der Waals surface area (Å²) in [6.07, 6.45) is 1.18. The van der Waals surface area contributed by atoms with Gasteiger partial charge in [0.2, 0.25) is 0 Å². The number of morpholine rings is 1. The number of halogens is 1. The molecule has 0 spiro atoms. The largest absolute Gasteiger partial charge is 0.379 e. The van der Waals surface area contributed by atoms with Crippen molar-refractivity contribution in [3.05, 3.63) is 35.4 Å². The smallest absolute Gasteiger partial charge is 0.191 e. The SMILES string of the molecule is CN=C(NCc1ccc(CN2CCN(C)CC2)cc1)NCC(CC(C)C)N1CCOCC1.I. The minimum Gasteiger partial charge on any atom is -0.379 e. The normalized spacial score (nSPS) is 19.8. The number of ether oxygens (including phenoxy) is 1. The number of rotatable bonds is 9. The van der Waals surface area contributed by atoms with Gasteiger partial charge in [0.1, 0.15) is 0 Å². The number of nitrogens with one attached hydrogen (secondary N) is 2. The van der Waals surface area contributed by atoms with Crippen LogP contribution in [0, 0.1) is 5.92 Å². The minimum atomic E-state index is 0. The maximum atomic E-state index is 5.54. The van der Waals surface area contributed by atoms with Gasteiger partial charge in [-0.1, -0.05) is 38.1 Å². The molecule has 2 aliphatic rings. The summed E-state index contributed by atoms with van der Waals surface area (Å²) in [5, 5.41) is 7.04. The van der Waals surface area contributed by atoms with E-state index in [4.69, 9.17) is 4.74 Å². The molecule has 0 aromatic heterocycles. The van der Waals surface area contributed by atoms with E-state index in [2.05, 4.69) is 75.5 Å². The van der Waals surface area contributed by atoms with Gasteiger partial charge >= 0.3 is 0 Å². The van der Waals surface area contributed by atoms with Gasteiger partial charge in [-0.05, 0) is 30.5 Å². The Morgan fingerprint density at radius 1 is 0.970 bits per heavy atom. The van der Waals surface area contributed by atoms with E-state index in [0.29, 0.717) is 12.0 Å². The zero-order valence-electron chi connectivity index (χ0n) is 21.1. The molecule has 0 radical (unpaired) electrons. The average molecular weight is 573 g/mol. The molecule has 3 rings (SSSR count). The number of guanidine groups is 1. The number of benzene rings is 1. The molecule has 1 unspecified atom stereocenters. The van der Waals surface area contributed by atoms with Crippen LogP contribution in [0.1, 0.15) is 31.4 Å². The van der Waals surface area contributed by atoms with Crippen LogP contribution in [0.25, 0.3) is 0 Å². The Hall–Kier alpha value is -0.940. The number of aliphatic imine (C=N–C) groups is 1. The molecule has 2 N–H and O–H groups in total. The van der Waals surface area contributed by atoms with Crippen LogP contribution < -0.4 is 10.6 Å². The highest BCUT2D eigenvalue weighted by atomic mass is 127. The molecule has 33 heavy (non-hydrogen) atoms. The zero-order chi connectivity index (χ0) is 22.8. The Morgan fingerprint density at radius 3 is 2.21 bits per heavy atom. The summed E-state index contributed by atoms with van der Waals surface area (Å²) in [4.78, 5) is 11.9. The molecule has 0 aliphatic carbocycles. The first-order valence-corrected chi connectivity index (χ1v) is 12.3. The Kier molecular flexibility index (Phi) is 13.0. The molecular formula is C25H45IN6O. The highest BCUT2D eigenvalue weighted by molar-refractivity contribution is 14.0. The topological polar surface area (TPSA) is 55.4 Å². The lowest BCUT2D eigenvalue weighted by Crippen LogP contribution is -2.50. The fourth-order valence-corrected chi connectivity index (χ4v) is 4.50. The third kappa shape index (κ3) is 10.1. The van der Waals surface area contributed by atoms with Crippen LogP contribution in [0.3, 0.4) is 0 Å². The van der Waals surface area contributed by atoms with E-state index >= 15 is 0 Å². The molecule has 0 saturated carbocycles. The summed E-state index contributed by atoms with van der Waals surface area (Å²) in [6.45, 7) is 15.7. The van der Waals surface area contributed by atoms with Crippen LogP contribution in [0.5, 0.6) is 0 Å². The maximum Gasteiger partial charge on any atom is 0.191 e. The molecule has 7 nitrogen and oxygen atoms in total. The summed E-state index contributed by atoms with van der Waals surface area (Å²) >= 11 is 0. The number of piperazine rings is 1. The van der Waals surface area contributed by atoms with Gasteiger partial charge in [0.25, 0.3) is 0 Å². The number of hydrogen-bond donors (Lipinski definition) is 2. The summed E-state index contributed by atoms with van der Waals surface area (Å²) < 4.78 is 5.54. The van der Waals surface area contributed by atoms with Gasteiger partial charge in [0.15, 0.2) is 5.96 Å². The predicted octanol–water partition coefficient (Wildman–Crippen LogP) is 2.46. The molecular weight excluding hydrogens is 527 g/mol. The summed E-state index contributed by atoms with van der Waals surface area (Å²) in [5.74, 6) is 1.54. The number of hydrogen-bond acceptors (Lipinski definition) is 5. The molecule has 1 aromatic rings. The van der Waals surface area contributed by atoms with E-state index < -0.39 is 0 Å². The maximum absolute atomic E-state index is 5.54. The third-order valence-electron chi connectivity index (χ3n) is 6.52. The van der Waals surface area contributed by atoms with Crippen LogP contribution in [0.2, 0.25) is 0 Å². The average Bonchev–Trinajstić information content (AvgIpc) is 2.81. The van der Waals surface area contributed by atoms with E-state index in [1.165, 1.54) is 17.5 Å². The van der Waals surface area contributed by atoms with E-state index in [1.807, 2.05) is 7.05 Å². The quantitative estimate of drug-likeness (QED) is 0.270.